The molecule has 0 bridgehead atoms. The fourth-order valence-electron chi connectivity index (χ4n) is 2.53. The molecule has 0 aliphatic heterocycles. The van der Waals surface area contributed by atoms with Gasteiger partial charge in [-0.05, 0) is 47.8 Å². The van der Waals surface area contributed by atoms with Crippen LogP contribution in [0.15, 0.2) is 41.8 Å². The summed E-state index contributed by atoms with van der Waals surface area (Å²) in [6.07, 6.45) is 0.836. The van der Waals surface area contributed by atoms with Crippen molar-refractivity contribution in [2.45, 2.75) is 25.4 Å². The molecule has 2 aromatic rings. The van der Waals surface area contributed by atoms with Gasteiger partial charge in [0.05, 0.1) is 6.10 Å². The van der Waals surface area contributed by atoms with Crippen molar-refractivity contribution in [3.8, 4) is 0 Å². The Bertz CT molecular complexity index is 503. The summed E-state index contributed by atoms with van der Waals surface area (Å²) >= 11 is 1.67. The summed E-state index contributed by atoms with van der Waals surface area (Å²) in [5, 5.41) is 12.4. The Balaban J connectivity index is 1.75. The second-order valence-electron chi connectivity index (χ2n) is 4.83. The van der Waals surface area contributed by atoms with Crippen molar-refractivity contribution in [2.24, 2.45) is 5.92 Å². The molecule has 1 aromatic carbocycles. The highest BCUT2D eigenvalue weighted by molar-refractivity contribution is 7.10. The van der Waals surface area contributed by atoms with E-state index in [2.05, 4.69) is 42.6 Å². The molecule has 0 radical (unpaired) electrons. The van der Waals surface area contributed by atoms with E-state index in [1.54, 1.807) is 11.3 Å². The summed E-state index contributed by atoms with van der Waals surface area (Å²) in [7, 11) is 0. The van der Waals surface area contributed by atoms with Crippen molar-refractivity contribution in [3.63, 3.8) is 0 Å². The van der Waals surface area contributed by atoms with Gasteiger partial charge in [0.15, 0.2) is 0 Å². The van der Waals surface area contributed by atoms with E-state index in [-0.39, 0.29) is 6.10 Å². The smallest absolute Gasteiger partial charge is 0.0918 e. The first-order valence-electron chi connectivity index (χ1n) is 6.04. The van der Waals surface area contributed by atoms with Gasteiger partial charge in [-0.2, -0.15) is 0 Å². The van der Waals surface area contributed by atoms with Crippen molar-refractivity contribution in [1.82, 2.24) is 0 Å². The van der Waals surface area contributed by atoms with Crippen molar-refractivity contribution in [3.05, 3.63) is 57.8 Å². The Labute approximate surface area is 106 Å². The van der Waals surface area contributed by atoms with E-state index in [0.717, 1.165) is 11.3 Å². The Morgan fingerprint density at radius 1 is 1.24 bits per heavy atom. The second-order valence-corrected chi connectivity index (χ2v) is 5.78. The Morgan fingerprint density at radius 3 is 2.65 bits per heavy atom. The number of hydrogen-bond donors (Lipinski definition) is 1. The van der Waals surface area contributed by atoms with Crippen LogP contribution < -0.4 is 0 Å². The summed E-state index contributed by atoms with van der Waals surface area (Å²) in [5.74, 6) is 0.961. The Kier molecular flexibility index (Phi) is 2.77. The number of hydrogen-bond acceptors (Lipinski definition) is 2. The topological polar surface area (TPSA) is 20.2 Å². The van der Waals surface area contributed by atoms with Gasteiger partial charge in [-0.1, -0.05) is 30.3 Å². The van der Waals surface area contributed by atoms with E-state index in [1.807, 2.05) is 6.07 Å². The van der Waals surface area contributed by atoms with E-state index in [1.165, 1.54) is 11.1 Å². The van der Waals surface area contributed by atoms with Gasteiger partial charge in [-0.25, -0.2) is 0 Å². The summed E-state index contributed by atoms with van der Waals surface area (Å²) in [6, 6.07) is 12.6. The third-order valence-corrected chi connectivity index (χ3v) is 4.73. The number of aryl methyl sites for hydroxylation is 1. The molecule has 1 fully saturated rings. The predicted octanol–water partition coefficient (Wildman–Crippen LogP) is 3.89. The molecule has 0 spiro atoms. The molecule has 0 amide bonds. The first-order chi connectivity index (χ1) is 8.27. The standard InChI is InChI=1S/C15H16OS/c1-10-7-8-17-15(10)14(16)13-9-12(13)11-5-3-2-4-6-11/h2-8,12-14,16H,9H2,1H3. The molecule has 1 nitrogen and oxygen atoms in total. The number of aliphatic hydroxyl groups is 1. The summed E-state index contributed by atoms with van der Waals surface area (Å²) in [4.78, 5) is 1.15. The normalized spacial score (nSPS) is 24.6. The summed E-state index contributed by atoms with van der Waals surface area (Å²) < 4.78 is 0. The zero-order valence-corrected chi connectivity index (χ0v) is 10.7. The van der Waals surface area contributed by atoms with Crippen molar-refractivity contribution in [1.29, 1.82) is 0 Å². The SMILES string of the molecule is Cc1ccsc1C(O)C1CC1c1ccccc1. The molecule has 3 unspecified atom stereocenters. The predicted molar refractivity (Wildman–Crippen MR) is 71.3 cm³/mol. The third-order valence-electron chi connectivity index (χ3n) is 3.64. The van der Waals surface area contributed by atoms with Gasteiger partial charge in [0.2, 0.25) is 0 Å². The van der Waals surface area contributed by atoms with Crippen LogP contribution in [0.25, 0.3) is 0 Å². The number of benzene rings is 1. The Morgan fingerprint density at radius 2 is 2.00 bits per heavy atom. The lowest BCUT2D eigenvalue weighted by molar-refractivity contribution is 0.154. The second kappa shape index (κ2) is 4.28. The lowest BCUT2D eigenvalue weighted by Gasteiger charge is -2.09. The Hall–Kier alpha value is -1.12. The molecule has 3 atom stereocenters. The molecular weight excluding hydrogens is 228 g/mol. The number of rotatable bonds is 3. The quantitative estimate of drug-likeness (QED) is 0.868. The van der Waals surface area contributed by atoms with Gasteiger partial charge in [0.1, 0.15) is 0 Å². The molecule has 1 heterocycles. The first-order valence-corrected chi connectivity index (χ1v) is 6.92. The van der Waals surface area contributed by atoms with Gasteiger partial charge in [0, 0.05) is 4.88 Å². The fourth-order valence-corrected chi connectivity index (χ4v) is 3.52. The van der Waals surface area contributed by atoms with Crippen LogP contribution in [0.3, 0.4) is 0 Å². The van der Waals surface area contributed by atoms with E-state index < -0.39 is 0 Å². The first kappa shape index (κ1) is 11.0. The van der Waals surface area contributed by atoms with E-state index in [4.69, 9.17) is 0 Å². The van der Waals surface area contributed by atoms with Crippen LogP contribution in [0.4, 0.5) is 0 Å². The van der Waals surface area contributed by atoms with Gasteiger partial charge in [-0.3, -0.25) is 0 Å². The average molecular weight is 244 g/mol. The van der Waals surface area contributed by atoms with Crippen LogP contribution in [-0.4, -0.2) is 5.11 Å². The molecular formula is C15H16OS. The van der Waals surface area contributed by atoms with E-state index >= 15 is 0 Å². The summed E-state index contributed by atoms with van der Waals surface area (Å²) in [6.45, 7) is 2.08. The van der Waals surface area contributed by atoms with Crippen LogP contribution in [-0.2, 0) is 0 Å². The van der Waals surface area contributed by atoms with Crippen LogP contribution in [0.5, 0.6) is 0 Å². The molecule has 1 aromatic heterocycles. The molecule has 3 rings (SSSR count). The van der Waals surface area contributed by atoms with E-state index in [0.29, 0.717) is 11.8 Å². The maximum atomic E-state index is 10.4. The van der Waals surface area contributed by atoms with Gasteiger partial charge < -0.3 is 5.11 Å². The fraction of sp³-hybridized carbons (Fsp3) is 0.333. The van der Waals surface area contributed by atoms with Crippen molar-refractivity contribution < 1.29 is 5.11 Å². The molecule has 17 heavy (non-hydrogen) atoms. The minimum absolute atomic E-state index is 0.278. The highest BCUT2D eigenvalue weighted by atomic mass is 32.1. The number of thiophene rings is 1. The molecule has 1 aliphatic rings. The summed E-state index contributed by atoms with van der Waals surface area (Å²) in [5.41, 5.74) is 2.59. The van der Waals surface area contributed by atoms with Gasteiger partial charge >= 0.3 is 0 Å². The zero-order valence-electron chi connectivity index (χ0n) is 9.84. The minimum Gasteiger partial charge on any atom is -0.387 e. The lowest BCUT2D eigenvalue weighted by atomic mass is 10.0. The molecule has 2 heteroatoms. The van der Waals surface area contributed by atoms with Gasteiger partial charge in [-0.15, -0.1) is 11.3 Å². The third kappa shape index (κ3) is 2.03. The van der Waals surface area contributed by atoms with Crippen LogP contribution in [0, 0.1) is 12.8 Å². The minimum atomic E-state index is -0.278. The molecule has 1 aliphatic carbocycles. The van der Waals surface area contributed by atoms with Gasteiger partial charge in [0.25, 0.3) is 0 Å². The van der Waals surface area contributed by atoms with Crippen molar-refractivity contribution in [2.75, 3.05) is 0 Å². The monoisotopic (exact) mass is 244 g/mol. The maximum Gasteiger partial charge on any atom is 0.0918 e. The molecule has 88 valence electrons. The highest BCUT2D eigenvalue weighted by Gasteiger charge is 2.44. The van der Waals surface area contributed by atoms with E-state index in [9.17, 15) is 5.11 Å². The molecule has 0 saturated heterocycles. The highest BCUT2D eigenvalue weighted by Crippen LogP contribution is 2.54. The molecule has 1 saturated carbocycles. The van der Waals surface area contributed by atoms with Crippen LogP contribution in [0.2, 0.25) is 0 Å². The zero-order chi connectivity index (χ0) is 11.8. The lowest BCUT2D eigenvalue weighted by Crippen LogP contribution is -2.00. The van der Waals surface area contributed by atoms with Crippen molar-refractivity contribution >= 4 is 11.3 Å². The largest absolute Gasteiger partial charge is 0.387 e. The van der Waals surface area contributed by atoms with Crippen LogP contribution >= 0.6 is 11.3 Å². The number of aliphatic hydroxyl groups excluding tert-OH is 1. The van der Waals surface area contributed by atoms with Crippen LogP contribution in [0.1, 0.15) is 34.4 Å². The average Bonchev–Trinajstić information content (AvgIpc) is 3.05. The molecule has 1 N–H and O–H groups in total. The maximum absolute atomic E-state index is 10.4.